The van der Waals surface area contributed by atoms with Gasteiger partial charge >= 0.3 is 0 Å². The molecule has 0 saturated carbocycles. The van der Waals surface area contributed by atoms with Gasteiger partial charge in [-0.1, -0.05) is 17.7 Å². The van der Waals surface area contributed by atoms with Gasteiger partial charge in [-0.3, -0.25) is 9.52 Å². The smallest absolute Gasteiger partial charge is 0.261 e. The maximum atomic E-state index is 12.5. The highest BCUT2D eigenvalue weighted by Gasteiger charge is 2.20. The lowest BCUT2D eigenvalue weighted by Crippen LogP contribution is -2.35. The predicted molar refractivity (Wildman–Crippen MR) is 99.6 cm³/mol. The van der Waals surface area contributed by atoms with Gasteiger partial charge in [0.05, 0.1) is 4.90 Å². The fraction of sp³-hybridized carbons (Fsp3) is 0.278. The molecule has 5 nitrogen and oxygen atoms in total. The third kappa shape index (κ3) is 3.96. The standard InChI is InChI=1S/C18H19ClN2O3S/c1-13-5-10-16(12-17(13)19)25(23,24)20-14-6-8-15(9-7-14)21-11-3-2-4-18(21)22/h5-10,12,20H,2-4,11H2,1H3. The molecule has 3 rings (SSSR count). The molecule has 1 heterocycles. The van der Waals surface area contributed by atoms with Crippen molar-refractivity contribution < 1.29 is 13.2 Å². The van der Waals surface area contributed by atoms with E-state index in [0.717, 1.165) is 24.1 Å². The van der Waals surface area contributed by atoms with Crippen molar-refractivity contribution in [2.24, 2.45) is 0 Å². The van der Waals surface area contributed by atoms with Crippen molar-refractivity contribution in [3.8, 4) is 0 Å². The zero-order chi connectivity index (χ0) is 18.0. The summed E-state index contributed by atoms with van der Waals surface area (Å²) in [6.07, 6.45) is 2.46. The highest BCUT2D eigenvalue weighted by atomic mass is 35.5. The number of rotatable bonds is 4. The summed E-state index contributed by atoms with van der Waals surface area (Å²) in [7, 11) is -3.72. The van der Waals surface area contributed by atoms with E-state index in [1.165, 1.54) is 12.1 Å². The molecule has 0 unspecified atom stereocenters. The topological polar surface area (TPSA) is 66.5 Å². The Morgan fingerprint density at radius 1 is 1.08 bits per heavy atom. The Morgan fingerprint density at radius 3 is 2.44 bits per heavy atom. The molecule has 0 atom stereocenters. The van der Waals surface area contributed by atoms with Crippen molar-refractivity contribution in [1.82, 2.24) is 0 Å². The van der Waals surface area contributed by atoms with Crippen LogP contribution in [0.15, 0.2) is 47.4 Å². The number of piperidine rings is 1. The number of halogens is 1. The minimum atomic E-state index is -3.72. The lowest BCUT2D eigenvalue weighted by Gasteiger charge is -2.26. The molecule has 25 heavy (non-hydrogen) atoms. The van der Waals surface area contributed by atoms with Gasteiger partial charge in [0, 0.05) is 29.4 Å². The number of carbonyl (C=O) groups is 1. The molecule has 2 aromatic carbocycles. The number of anilines is 2. The molecule has 0 spiro atoms. The Labute approximate surface area is 152 Å². The second-order valence-electron chi connectivity index (χ2n) is 6.07. The average molecular weight is 379 g/mol. The van der Waals surface area contributed by atoms with Crippen LogP contribution in [0.5, 0.6) is 0 Å². The highest BCUT2D eigenvalue weighted by Crippen LogP contribution is 2.25. The van der Waals surface area contributed by atoms with Crippen LogP contribution in [0.25, 0.3) is 0 Å². The Bertz CT molecular complexity index is 895. The average Bonchev–Trinajstić information content (AvgIpc) is 2.58. The lowest BCUT2D eigenvalue weighted by atomic mass is 10.1. The van der Waals surface area contributed by atoms with Crippen molar-refractivity contribution in [3.63, 3.8) is 0 Å². The molecular weight excluding hydrogens is 360 g/mol. The largest absolute Gasteiger partial charge is 0.312 e. The van der Waals surface area contributed by atoms with Crippen LogP contribution < -0.4 is 9.62 Å². The van der Waals surface area contributed by atoms with Crippen LogP contribution in [-0.4, -0.2) is 20.9 Å². The Hall–Kier alpha value is -2.05. The molecule has 132 valence electrons. The van der Waals surface area contributed by atoms with E-state index in [1.54, 1.807) is 35.2 Å². The molecule has 1 aliphatic heterocycles. The van der Waals surface area contributed by atoms with E-state index in [9.17, 15) is 13.2 Å². The molecule has 0 aliphatic carbocycles. The van der Waals surface area contributed by atoms with Gasteiger partial charge in [-0.05, 0) is 61.7 Å². The van der Waals surface area contributed by atoms with Gasteiger partial charge in [-0.25, -0.2) is 8.42 Å². The quantitative estimate of drug-likeness (QED) is 0.875. The first kappa shape index (κ1) is 17.8. The van der Waals surface area contributed by atoms with Crippen molar-refractivity contribution in [3.05, 3.63) is 53.1 Å². The summed E-state index contributed by atoms with van der Waals surface area (Å²) in [5.41, 5.74) is 2.03. The molecule has 0 bridgehead atoms. The number of carbonyl (C=O) groups excluding carboxylic acids is 1. The van der Waals surface area contributed by atoms with Gasteiger partial charge in [0.25, 0.3) is 10.0 Å². The third-order valence-corrected chi connectivity index (χ3v) is 5.99. The van der Waals surface area contributed by atoms with Crippen molar-refractivity contribution in [2.75, 3.05) is 16.2 Å². The van der Waals surface area contributed by atoms with Crippen molar-refractivity contribution in [2.45, 2.75) is 31.1 Å². The van der Waals surface area contributed by atoms with Crippen LogP contribution in [0.4, 0.5) is 11.4 Å². The summed E-state index contributed by atoms with van der Waals surface area (Å²) in [4.78, 5) is 13.8. The summed E-state index contributed by atoms with van der Waals surface area (Å²) in [6, 6.07) is 11.4. The molecular formula is C18H19ClN2O3S. The predicted octanol–water partition coefficient (Wildman–Crippen LogP) is 3.97. The Balaban J connectivity index is 1.78. The van der Waals surface area contributed by atoms with Crippen molar-refractivity contribution >= 4 is 38.9 Å². The minimum absolute atomic E-state index is 0.105. The monoisotopic (exact) mass is 378 g/mol. The molecule has 1 N–H and O–H groups in total. The molecule has 0 aromatic heterocycles. The van der Waals surface area contributed by atoms with E-state index < -0.39 is 10.0 Å². The van der Waals surface area contributed by atoms with Gasteiger partial charge in [0.1, 0.15) is 0 Å². The van der Waals surface area contributed by atoms with Crippen LogP contribution in [0, 0.1) is 6.92 Å². The molecule has 1 aliphatic rings. The van der Waals surface area contributed by atoms with Crippen LogP contribution in [-0.2, 0) is 14.8 Å². The molecule has 1 fully saturated rings. The zero-order valence-electron chi connectivity index (χ0n) is 13.8. The number of benzene rings is 2. The van der Waals surface area contributed by atoms with Crippen LogP contribution in [0.2, 0.25) is 5.02 Å². The minimum Gasteiger partial charge on any atom is -0.312 e. The maximum absolute atomic E-state index is 12.5. The highest BCUT2D eigenvalue weighted by molar-refractivity contribution is 7.92. The number of nitrogens with one attached hydrogen (secondary N) is 1. The third-order valence-electron chi connectivity index (χ3n) is 4.21. The van der Waals surface area contributed by atoms with Crippen molar-refractivity contribution in [1.29, 1.82) is 0 Å². The molecule has 7 heteroatoms. The summed E-state index contributed by atoms with van der Waals surface area (Å²) in [5.74, 6) is 0.105. The van der Waals surface area contributed by atoms with Gasteiger partial charge in [0.15, 0.2) is 0 Å². The fourth-order valence-electron chi connectivity index (χ4n) is 2.74. The number of hydrogen-bond donors (Lipinski definition) is 1. The summed E-state index contributed by atoms with van der Waals surface area (Å²) < 4.78 is 27.5. The van der Waals surface area contributed by atoms with E-state index in [2.05, 4.69) is 4.72 Å². The van der Waals surface area contributed by atoms with E-state index in [1.807, 2.05) is 6.92 Å². The number of hydrogen-bond acceptors (Lipinski definition) is 3. The number of nitrogens with zero attached hydrogens (tertiary/aromatic N) is 1. The van der Waals surface area contributed by atoms with Gasteiger partial charge < -0.3 is 4.90 Å². The molecule has 2 aromatic rings. The Kier molecular flexibility index (Phi) is 5.01. The maximum Gasteiger partial charge on any atom is 0.261 e. The first-order valence-electron chi connectivity index (χ1n) is 8.06. The molecule has 1 saturated heterocycles. The van der Waals surface area contributed by atoms with Crippen LogP contribution >= 0.6 is 11.6 Å². The van der Waals surface area contributed by atoms with E-state index >= 15 is 0 Å². The van der Waals surface area contributed by atoms with E-state index in [0.29, 0.717) is 23.7 Å². The lowest BCUT2D eigenvalue weighted by molar-refractivity contribution is -0.119. The number of aryl methyl sites for hydroxylation is 1. The zero-order valence-corrected chi connectivity index (χ0v) is 15.4. The van der Waals surface area contributed by atoms with Crippen LogP contribution in [0.1, 0.15) is 24.8 Å². The number of sulfonamides is 1. The second-order valence-corrected chi connectivity index (χ2v) is 8.16. The van der Waals surface area contributed by atoms with Gasteiger partial charge in [0.2, 0.25) is 5.91 Å². The summed E-state index contributed by atoms with van der Waals surface area (Å²) in [5, 5.41) is 0.404. The molecule has 1 amide bonds. The van der Waals surface area contributed by atoms with E-state index in [4.69, 9.17) is 11.6 Å². The van der Waals surface area contributed by atoms with Gasteiger partial charge in [-0.2, -0.15) is 0 Å². The fourth-order valence-corrected chi connectivity index (χ4v) is 4.07. The first-order chi connectivity index (χ1) is 11.9. The second kappa shape index (κ2) is 7.06. The normalized spacial score (nSPS) is 15.3. The SMILES string of the molecule is Cc1ccc(S(=O)(=O)Nc2ccc(N3CCCCC3=O)cc2)cc1Cl. The summed E-state index contributed by atoms with van der Waals surface area (Å²) >= 11 is 6.01. The number of amides is 1. The summed E-state index contributed by atoms with van der Waals surface area (Å²) in [6.45, 7) is 2.51. The van der Waals surface area contributed by atoms with Crippen LogP contribution in [0.3, 0.4) is 0 Å². The Morgan fingerprint density at radius 2 is 1.80 bits per heavy atom. The van der Waals surface area contributed by atoms with Gasteiger partial charge in [-0.15, -0.1) is 0 Å². The molecule has 0 radical (unpaired) electrons. The van der Waals surface area contributed by atoms with E-state index in [-0.39, 0.29) is 10.8 Å². The first-order valence-corrected chi connectivity index (χ1v) is 9.92.